The van der Waals surface area contributed by atoms with Crippen LogP contribution in [0.15, 0.2) is 24.3 Å². The number of aromatic amines is 1. The lowest BCUT2D eigenvalue weighted by atomic mass is 10.2. The minimum absolute atomic E-state index is 0.496. The van der Waals surface area contributed by atoms with E-state index in [0.717, 1.165) is 10.9 Å². The Morgan fingerprint density at radius 3 is 2.93 bits per heavy atom. The Kier molecular flexibility index (Phi) is 2.75. The molecule has 0 saturated heterocycles. The number of ether oxygens (including phenoxy) is 1. The molecule has 0 bridgehead atoms. The molecule has 0 fully saturated rings. The summed E-state index contributed by atoms with van der Waals surface area (Å²) in [5, 5.41) is 10.7. The van der Waals surface area contributed by atoms with Gasteiger partial charge in [-0.25, -0.2) is 0 Å². The van der Waals surface area contributed by atoms with Crippen LogP contribution in [0.2, 0.25) is 0 Å². The Hall–Kier alpha value is -1.32. The standard InChI is InChI=1S/C12H15NO2/c1-3-15-12(14)11-7-9-6-8(2)4-5-10(9)13-11/h4-7,12-14H,3H2,1-2H3. The summed E-state index contributed by atoms with van der Waals surface area (Å²) >= 11 is 0. The number of aliphatic hydroxyl groups excluding tert-OH is 1. The smallest absolute Gasteiger partial charge is 0.196 e. The van der Waals surface area contributed by atoms with E-state index < -0.39 is 6.29 Å². The number of fused-ring (bicyclic) bond motifs is 1. The number of aromatic nitrogens is 1. The van der Waals surface area contributed by atoms with Crippen LogP contribution in [0.25, 0.3) is 10.9 Å². The third kappa shape index (κ3) is 2.03. The first-order valence-corrected chi connectivity index (χ1v) is 5.09. The molecule has 2 aromatic rings. The van der Waals surface area contributed by atoms with Crippen LogP contribution < -0.4 is 0 Å². The average molecular weight is 205 g/mol. The van der Waals surface area contributed by atoms with Gasteiger partial charge in [0.1, 0.15) is 0 Å². The van der Waals surface area contributed by atoms with Gasteiger partial charge in [-0.05, 0) is 32.0 Å². The Morgan fingerprint density at radius 2 is 2.20 bits per heavy atom. The molecule has 0 aliphatic carbocycles. The summed E-state index contributed by atoms with van der Waals surface area (Å²) in [5.41, 5.74) is 2.94. The fraction of sp³-hybridized carbons (Fsp3) is 0.333. The summed E-state index contributed by atoms with van der Waals surface area (Å²) in [7, 11) is 0. The lowest BCUT2D eigenvalue weighted by Gasteiger charge is -2.07. The van der Waals surface area contributed by atoms with Crippen molar-refractivity contribution in [1.29, 1.82) is 0 Å². The molecule has 2 rings (SSSR count). The maximum atomic E-state index is 9.64. The molecule has 0 saturated carbocycles. The van der Waals surface area contributed by atoms with Crippen molar-refractivity contribution in [3.8, 4) is 0 Å². The molecule has 0 amide bonds. The molecule has 0 spiro atoms. The van der Waals surface area contributed by atoms with E-state index in [-0.39, 0.29) is 0 Å². The number of hydrogen-bond donors (Lipinski definition) is 2. The van der Waals surface area contributed by atoms with Crippen molar-refractivity contribution < 1.29 is 9.84 Å². The highest BCUT2D eigenvalue weighted by Crippen LogP contribution is 2.21. The van der Waals surface area contributed by atoms with Gasteiger partial charge in [-0.3, -0.25) is 0 Å². The van der Waals surface area contributed by atoms with E-state index in [9.17, 15) is 5.11 Å². The maximum Gasteiger partial charge on any atom is 0.196 e. The van der Waals surface area contributed by atoms with E-state index in [2.05, 4.69) is 11.1 Å². The minimum Gasteiger partial charge on any atom is -0.363 e. The summed E-state index contributed by atoms with van der Waals surface area (Å²) in [4.78, 5) is 3.13. The molecule has 2 N–H and O–H groups in total. The van der Waals surface area contributed by atoms with E-state index in [0.29, 0.717) is 12.3 Å². The second-order valence-corrected chi connectivity index (χ2v) is 3.62. The molecule has 0 radical (unpaired) electrons. The number of aryl methyl sites for hydroxylation is 1. The first kappa shape index (κ1) is 10.2. The molecule has 1 atom stereocenters. The van der Waals surface area contributed by atoms with E-state index in [4.69, 9.17) is 4.74 Å². The number of nitrogens with one attached hydrogen (secondary N) is 1. The quantitative estimate of drug-likeness (QED) is 0.756. The number of hydrogen-bond acceptors (Lipinski definition) is 2. The van der Waals surface area contributed by atoms with E-state index in [1.165, 1.54) is 5.56 Å². The molecule has 0 aliphatic rings. The minimum atomic E-state index is -0.859. The zero-order valence-electron chi connectivity index (χ0n) is 8.95. The fourth-order valence-corrected chi connectivity index (χ4v) is 1.66. The van der Waals surface area contributed by atoms with Crippen molar-refractivity contribution in [1.82, 2.24) is 4.98 Å². The topological polar surface area (TPSA) is 45.2 Å². The van der Waals surface area contributed by atoms with Crippen molar-refractivity contribution >= 4 is 10.9 Å². The molecule has 1 aromatic heterocycles. The summed E-state index contributed by atoms with van der Waals surface area (Å²) in [6.07, 6.45) is -0.859. The molecule has 3 heteroatoms. The van der Waals surface area contributed by atoms with E-state index in [1.807, 2.05) is 32.0 Å². The fourth-order valence-electron chi connectivity index (χ4n) is 1.66. The van der Waals surface area contributed by atoms with Crippen LogP contribution in [-0.2, 0) is 4.74 Å². The molecule has 15 heavy (non-hydrogen) atoms. The highest BCUT2D eigenvalue weighted by atomic mass is 16.6. The Labute approximate surface area is 88.7 Å². The zero-order chi connectivity index (χ0) is 10.8. The van der Waals surface area contributed by atoms with Gasteiger partial charge in [0.2, 0.25) is 0 Å². The van der Waals surface area contributed by atoms with Crippen LogP contribution in [0.5, 0.6) is 0 Å². The average Bonchev–Trinajstić information content (AvgIpc) is 2.60. The van der Waals surface area contributed by atoms with Gasteiger partial charge >= 0.3 is 0 Å². The predicted molar refractivity (Wildman–Crippen MR) is 59.6 cm³/mol. The van der Waals surface area contributed by atoms with Gasteiger partial charge in [0, 0.05) is 17.5 Å². The number of aliphatic hydroxyl groups is 1. The number of rotatable bonds is 3. The normalized spacial score (nSPS) is 13.3. The summed E-state index contributed by atoms with van der Waals surface area (Å²) in [5.74, 6) is 0. The first-order chi connectivity index (χ1) is 7.20. The van der Waals surface area contributed by atoms with Crippen LogP contribution in [0.3, 0.4) is 0 Å². The van der Waals surface area contributed by atoms with Gasteiger partial charge in [0.25, 0.3) is 0 Å². The van der Waals surface area contributed by atoms with Crippen molar-refractivity contribution in [2.75, 3.05) is 6.61 Å². The zero-order valence-corrected chi connectivity index (χ0v) is 8.95. The van der Waals surface area contributed by atoms with Gasteiger partial charge in [0.05, 0.1) is 5.69 Å². The van der Waals surface area contributed by atoms with Crippen LogP contribution >= 0.6 is 0 Å². The van der Waals surface area contributed by atoms with Crippen LogP contribution in [0.4, 0.5) is 0 Å². The lowest BCUT2D eigenvalue weighted by Crippen LogP contribution is -2.02. The molecule has 1 aromatic carbocycles. The van der Waals surface area contributed by atoms with Crippen LogP contribution in [-0.4, -0.2) is 16.7 Å². The summed E-state index contributed by atoms with van der Waals surface area (Å²) in [6.45, 7) is 4.40. The van der Waals surface area contributed by atoms with E-state index >= 15 is 0 Å². The number of benzene rings is 1. The Balaban J connectivity index is 2.38. The second kappa shape index (κ2) is 4.04. The molecule has 80 valence electrons. The molecule has 1 heterocycles. The second-order valence-electron chi connectivity index (χ2n) is 3.62. The largest absolute Gasteiger partial charge is 0.363 e. The van der Waals surface area contributed by atoms with Crippen LogP contribution in [0.1, 0.15) is 24.5 Å². The van der Waals surface area contributed by atoms with Gasteiger partial charge < -0.3 is 14.8 Å². The third-order valence-corrected chi connectivity index (χ3v) is 2.39. The monoisotopic (exact) mass is 205 g/mol. The molecular formula is C12H15NO2. The van der Waals surface area contributed by atoms with E-state index in [1.54, 1.807) is 0 Å². The van der Waals surface area contributed by atoms with Crippen molar-refractivity contribution in [2.45, 2.75) is 20.1 Å². The van der Waals surface area contributed by atoms with Gasteiger partial charge in [-0.15, -0.1) is 0 Å². The Bertz CT molecular complexity index is 462. The lowest BCUT2D eigenvalue weighted by molar-refractivity contribution is -0.100. The predicted octanol–water partition coefficient (Wildman–Crippen LogP) is 2.50. The first-order valence-electron chi connectivity index (χ1n) is 5.09. The highest BCUT2D eigenvalue weighted by molar-refractivity contribution is 5.81. The third-order valence-electron chi connectivity index (χ3n) is 2.39. The SMILES string of the molecule is CCOC(O)c1cc2cc(C)ccc2[nH]1. The molecule has 1 unspecified atom stereocenters. The number of H-pyrrole nitrogens is 1. The van der Waals surface area contributed by atoms with Gasteiger partial charge in [-0.2, -0.15) is 0 Å². The molecule has 0 aliphatic heterocycles. The van der Waals surface area contributed by atoms with Crippen LogP contribution in [0, 0.1) is 6.92 Å². The highest BCUT2D eigenvalue weighted by Gasteiger charge is 2.09. The Morgan fingerprint density at radius 1 is 1.40 bits per heavy atom. The van der Waals surface area contributed by atoms with Crippen molar-refractivity contribution in [2.24, 2.45) is 0 Å². The summed E-state index contributed by atoms with van der Waals surface area (Å²) in [6, 6.07) is 8.04. The van der Waals surface area contributed by atoms with Gasteiger partial charge in [-0.1, -0.05) is 11.6 Å². The summed E-state index contributed by atoms with van der Waals surface area (Å²) < 4.78 is 5.11. The molecular weight excluding hydrogens is 190 g/mol. The van der Waals surface area contributed by atoms with Crippen molar-refractivity contribution in [3.63, 3.8) is 0 Å². The molecule has 3 nitrogen and oxygen atoms in total. The van der Waals surface area contributed by atoms with Gasteiger partial charge in [0.15, 0.2) is 6.29 Å². The van der Waals surface area contributed by atoms with Crippen molar-refractivity contribution in [3.05, 3.63) is 35.5 Å². The maximum absolute atomic E-state index is 9.64.